The Kier molecular flexibility index (Phi) is 8.42. The van der Waals surface area contributed by atoms with Gasteiger partial charge in [-0.2, -0.15) is 0 Å². The lowest BCUT2D eigenvalue weighted by Crippen LogP contribution is -2.23. The Labute approximate surface area is 119 Å². The molecule has 20 heavy (non-hydrogen) atoms. The van der Waals surface area contributed by atoms with Crippen LogP contribution in [-0.2, 0) is 4.74 Å². The number of carboxylic acids is 1. The highest BCUT2D eigenvalue weighted by Gasteiger charge is 2.03. The second-order valence-electron chi connectivity index (χ2n) is 4.40. The summed E-state index contributed by atoms with van der Waals surface area (Å²) >= 11 is 0. The summed E-state index contributed by atoms with van der Waals surface area (Å²) in [5, 5.41) is 12.1. The van der Waals surface area contributed by atoms with E-state index in [-0.39, 0.29) is 5.56 Å². The second kappa shape index (κ2) is 10.2. The Hall–Kier alpha value is -1.59. The highest BCUT2D eigenvalue weighted by Crippen LogP contribution is 2.12. The van der Waals surface area contributed by atoms with E-state index in [1.165, 1.54) is 6.07 Å². The molecule has 5 nitrogen and oxygen atoms in total. The summed E-state index contributed by atoms with van der Waals surface area (Å²) in [7, 11) is 0. The fourth-order valence-corrected chi connectivity index (χ4v) is 1.63. The van der Waals surface area contributed by atoms with Crippen molar-refractivity contribution in [1.82, 2.24) is 5.32 Å². The Morgan fingerprint density at radius 2 is 2.10 bits per heavy atom. The summed E-state index contributed by atoms with van der Waals surface area (Å²) < 4.78 is 10.9. The number of aromatic carboxylic acids is 1. The number of nitrogens with one attached hydrogen (secondary N) is 1. The first-order valence-corrected chi connectivity index (χ1v) is 6.98. The van der Waals surface area contributed by atoms with Crippen molar-refractivity contribution >= 4 is 5.97 Å². The topological polar surface area (TPSA) is 67.8 Å². The molecule has 0 aromatic heterocycles. The maximum absolute atomic E-state index is 10.8. The van der Waals surface area contributed by atoms with Gasteiger partial charge in [0, 0.05) is 19.8 Å². The number of carboxylic acid groups (broad SMARTS) is 1. The Morgan fingerprint density at radius 3 is 2.85 bits per heavy atom. The molecule has 1 rings (SSSR count). The van der Waals surface area contributed by atoms with Crippen molar-refractivity contribution in [2.45, 2.75) is 19.8 Å². The van der Waals surface area contributed by atoms with Crippen molar-refractivity contribution in [2.24, 2.45) is 0 Å². The van der Waals surface area contributed by atoms with Crippen molar-refractivity contribution in [1.29, 1.82) is 0 Å². The van der Waals surface area contributed by atoms with E-state index in [2.05, 4.69) is 12.2 Å². The zero-order valence-corrected chi connectivity index (χ0v) is 11.9. The van der Waals surface area contributed by atoms with Crippen LogP contribution in [0.1, 0.15) is 30.1 Å². The highest BCUT2D eigenvalue weighted by molar-refractivity contribution is 5.87. The van der Waals surface area contributed by atoms with Gasteiger partial charge in [0.25, 0.3) is 0 Å². The Bertz CT molecular complexity index is 395. The summed E-state index contributed by atoms with van der Waals surface area (Å²) in [5.41, 5.74) is 0.239. The van der Waals surface area contributed by atoms with Gasteiger partial charge in [0.05, 0.1) is 5.56 Å². The first kappa shape index (κ1) is 16.5. The van der Waals surface area contributed by atoms with Crippen LogP contribution in [0.25, 0.3) is 0 Å². The smallest absolute Gasteiger partial charge is 0.335 e. The minimum absolute atomic E-state index is 0.239. The van der Waals surface area contributed by atoms with Crippen LogP contribution in [0, 0.1) is 0 Å². The predicted molar refractivity (Wildman–Crippen MR) is 77.5 cm³/mol. The predicted octanol–water partition coefficient (Wildman–Crippen LogP) is 2.17. The standard InChI is InChI=1S/C15H23NO4/c1-2-9-19-10-4-7-16-8-11-20-14-6-3-5-13(12-14)15(17)18/h3,5-6,12,16H,2,4,7-11H2,1H3,(H,17,18). The number of hydrogen-bond donors (Lipinski definition) is 2. The van der Waals surface area contributed by atoms with Crippen molar-refractivity contribution in [3.63, 3.8) is 0 Å². The quantitative estimate of drug-likeness (QED) is 0.608. The van der Waals surface area contributed by atoms with Crippen molar-refractivity contribution in [3.8, 4) is 5.75 Å². The largest absolute Gasteiger partial charge is 0.492 e. The lowest BCUT2D eigenvalue weighted by Gasteiger charge is -2.08. The lowest BCUT2D eigenvalue weighted by atomic mass is 10.2. The SMILES string of the molecule is CCCOCCCNCCOc1cccc(C(=O)O)c1. The number of hydrogen-bond acceptors (Lipinski definition) is 4. The maximum Gasteiger partial charge on any atom is 0.335 e. The number of carbonyl (C=O) groups is 1. The first-order valence-electron chi connectivity index (χ1n) is 6.98. The van der Waals surface area contributed by atoms with E-state index in [0.717, 1.165) is 39.1 Å². The lowest BCUT2D eigenvalue weighted by molar-refractivity contribution is 0.0696. The minimum atomic E-state index is -0.944. The second-order valence-corrected chi connectivity index (χ2v) is 4.40. The summed E-state index contributed by atoms with van der Waals surface area (Å²) in [6.45, 7) is 5.83. The van der Waals surface area contributed by atoms with E-state index in [9.17, 15) is 4.79 Å². The van der Waals surface area contributed by atoms with Gasteiger partial charge in [0.15, 0.2) is 0 Å². The molecule has 0 aliphatic heterocycles. The Morgan fingerprint density at radius 1 is 1.25 bits per heavy atom. The van der Waals surface area contributed by atoms with Crippen molar-refractivity contribution in [2.75, 3.05) is 32.9 Å². The van der Waals surface area contributed by atoms with E-state index in [1.54, 1.807) is 18.2 Å². The van der Waals surface area contributed by atoms with Gasteiger partial charge < -0.3 is 19.9 Å². The van der Waals surface area contributed by atoms with Crippen LogP contribution in [0.5, 0.6) is 5.75 Å². The van der Waals surface area contributed by atoms with Crippen LogP contribution in [0.15, 0.2) is 24.3 Å². The molecule has 0 atom stereocenters. The van der Waals surface area contributed by atoms with Crippen LogP contribution in [0.2, 0.25) is 0 Å². The summed E-state index contributed by atoms with van der Waals surface area (Å²) in [6.07, 6.45) is 2.03. The molecule has 112 valence electrons. The van der Waals surface area contributed by atoms with Crippen LogP contribution in [-0.4, -0.2) is 44.0 Å². The Balaban J connectivity index is 2.06. The zero-order valence-electron chi connectivity index (χ0n) is 11.9. The van der Waals surface area contributed by atoms with Gasteiger partial charge in [-0.05, 0) is 37.6 Å². The molecule has 0 heterocycles. The van der Waals surface area contributed by atoms with Crippen LogP contribution >= 0.6 is 0 Å². The van der Waals surface area contributed by atoms with E-state index in [4.69, 9.17) is 14.6 Å². The molecular formula is C15H23NO4. The average molecular weight is 281 g/mol. The molecule has 0 aliphatic rings. The molecule has 0 aliphatic carbocycles. The van der Waals surface area contributed by atoms with E-state index >= 15 is 0 Å². The molecule has 0 saturated heterocycles. The molecule has 0 amide bonds. The molecule has 0 bridgehead atoms. The van der Waals surface area contributed by atoms with Crippen molar-refractivity contribution in [3.05, 3.63) is 29.8 Å². The van der Waals surface area contributed by atoms with Gasteiger partial charge in [-0.3, -0.25) is 0 Å². The van der Waals surface area contributed by atoms with Gasteiger partial charge >= 0.3 is 5.97 Å². The molecular weight excluding hydrogens is 258 g/mol. The summed E-state index contributed by atoms with van der Waals surface area (Å²) in [4.78, 5) is 10.8. The third-order valence-electron chi connectivity index (χ3n) is 2.62. The fourth-order valence-electron chi connectivity index (χ4n) is 1.63. The normalized spacial score (nSPS) is 10.4. The van der Waals surface area contributed by atoms with E-state index in [1.807, 2.05) is 0 Å². The first-order chi connectivity index (χ1) is 9.74. The summed E-state index contributed by atoms with van der Waals surface area (Å²) in [5.74, 6) is -0.362. The van der Waals surface area contributed by atoms with Gasteiger partial charge in [-0.1, -0.05) is 13.0 Å². The molecule has 1 aromatic rings. The maximum atomic E-state index is 10.8. The van der Waals surface area contributed by atoms with Crippen molar-refractivity contribution < 1.29 is 19.4 Å². The van der Waals surface area contributed by atoms with Gasteiger partial charge in [-0.25, -0.2) is 4.79 Å². The van der Waals surface area contributed by atoms with E-state index in [0.29, 0.717) is 12.4 Å². The fraction of sp³-hybridized carbons (Fsp3) is 0.533. The third kappa shape index (κ3) is 7.11. The molecule has 0 unspecified atom stereocenters. The molecule has 0 spiro atoms. The van der Waals surface area contributed by atoms with Gasteiger partial charge in [0.2, 0.25) is 0 Å². The molecule has 0 fully saturated rings. The van der Waals surface area contributed by atoms with E-state index < -0.39 is 5.97 Å². The summed E-state index contributed by atoms with van der Waals surface area (Å²) in [6, 6.07) is 6.51. The van der Waals surface area contributed by atoms with Gasteiger partial charge in [-0.15, -0.1) is 0 Å². The van der Waals surface area contributed by atoms with Crippen LogP contribution in [0.3, 0.4) is 0 Å². The minimum Gasteiger partial charge on any atom is -0.492 e. The van der Waals surface area contributed by atoms with Crippen LogP contribution in [0.4, 0.5) is 0 Å². The molecule has 1 aromatic carbocycles. The molecule has 0 saturated carbocycles. The molecule has 2 N–H and O–H groups in total. The molecule has 0 radical (unpaired) electrons. The highest BCUT2D eigenvalue weighted by atomic mass is 16.5. The number of benzene rings is 1. The van der Waals surface area contributed by atoms with Gasteiger partial charge in [0.1, 0.15) is 12.4 Å². The number of ether oxygens (including phenoxy) is 2. The molecule has 5 heteroatoms. The average Bonchev–Trinajstić information content (AvgIpc) is 2.46. The monoisotopic (exact) mass is 281 g/mol. The third-order valence-corrected chi connectivity index (χ3v) is 2.62. The number of rotatable bonds is 11. The zero-order chi connectivity index (χ0) is 14.6. The van der Waals surface area contributed by atoms with Crippen LogP contribution < -0.4 is 10.1 Å².